The largest absolute Gasteiger partial charge is 0.331 e. The first-order valence-corrected chi connectivity index (χ1v) is 8.18. The fourth-order valence-corrected chi connectivity index (χ4v) is 3.35. The maximum absolute atomic E-state index is 12.6. The van der Waals surface area contributed by atoms with Crippen molar-refractivity contribution in [2.45, 2.75) is 6.92 Å². The van der Waals surface area contributed by atoms with Gasteiger partial charge in [-0.25, -0.2) is 4.79 Å². The van der Waals surface area contributed by atoms with E-state index in [1.807, 2.05) is 43.3 Å². The molecule has 0 fully saturated rings. The number of benzene rings is 2. The number of aromatic amines is 1. The average molecular weight is 389 g/mol. The molecule has 0 atom stereocenters. The van der Waals surface area contributed by atoms with Gasteiger partial charge in [-0.2, -0.15) is 0 Å². The molecule has 4 aromatic rings. The van der Waals surface area contributed by atoms with Gasteiger partial charge >= 0.3 is 5.69 Å². The van der Waals surface area contributed by atoms with E-state index in [9.17, 15) is 4.79 Å². The lowest BCUT2D eigenvalue weighted by atomic mass is 10.1. The molecule has 0 saturated heterocycles. The predicted octanol–water partition coefficient (Wildman–Crippen LogP) is 4.59. The molecule has 0 spiro atoms. The highest BCUT2D eigenvalue weighted by molar-refractivity contribution is 9.10. The molecule has 4 nitrogen and oxygen atoms in total. The summed E-state index contributed by atoms with van der Waals surface area (Å²) in [7, 11) is 0. The van der Waals surface area contributed by atoms with E-state index < -0.39 is 0 Å². The second-order valence-electron chi connectivity index (χ2n) is 5.33. The number of aromatic nitrogens is 3. The molecule has 0 aliphatic rings. The molecule has 0 unspecified atom stereocenters. The van der Waals surface area contributed by atoms with Crippen molar-refractivity contribution in [3.63, 3.8) is 0 Å². The molecule has 0 bridgehead atoms. The summed E-state index contributed by atoms with van der Waals surface area (Å²) in [6, 6.07) is 11.4. The number of hydrogen-bond donors (Lipinski definition) is 1. The summed E-state index contributed by atoms with van der Waals surface area (Å²) in [5.41, 5.74) is 3.73. The number of nitrogens with one attached hydrogen (secondary N) is 1. The Kier molecular flexibility index (Phi) is 3.28. The Bertz CT molecular complexity index is 1130. The van der Waals surface area contributed by atoms with Crippen molar-refractivity contribution in [3.8, 4) is 5.69 Å². The van der Waals surface area contributed by atoms with E-state index in [-0.39, 0.29) is 5.69 Å². The summed E-state index contributed by atoms with van der Waals surface area (Å²) in [6.07, 6.45) is 1.68. The van der Waals surface area contributed by atoms with Gasteiger partial charge in [0.2, 0.25) is 0 Å². The molecule has 0 amide bonds. The first kappa shape index (κ1) is 14.5. The van der Waals surface area contributed by atoms with Crippen LogP contribution in [0.5, 0.6) is 0 Å². The van der Waals surface area contributed by atoms with Gasteiger partial charge in [-0.3, -0.25) is 9.55 Å². The Morgan fingerprint density at radius 3 is 2.91 bits per heavy atom. The summed E-state index contributed by atoms with van der Waals surface area (Å²) >= 11 is 9.72. The van der Waals surface area contributed by atoms with E-state index in [4.69, 9.17) is 11.6 Å². The zero-order chi connectivity index (χ0) is 16.1. The molecule has 0 aliphatic heterocycles. The molecule has 0 radical (unpaired) electrons. The quantitative estimate of drug-likeness (QED) is 0.518. The van der Waals surface area contributed by atoms with Crippen LogP contribution >= 0.6 is 27.5 Å². The highest BCUT2D eigenvalue weighted by Crippen LogP contribution is 2.29. The SMILES string of the molecule is Cc1c(Cl)cccc1-n1c(=O)[nH]c2cnc3ccc(Br)cc3c21. The van der Waals surface area contributed by atoms with Crippen molar-refractivity contribution in [2.75, 3.05) is 0 Å². The second-order valence-corrected chi connectivity index (χ2v) is 6.65. The summed E-state index contributed by atoms with van der Waals surface area (Å²) in [5.74, 6) is 0. The van der Waals surface area contributed by atoms with Crippen molar-refractivity contribution in [2.24, 2.45) is 0 Å². The monoisotopic (exact) mass is 387 g/mol. The van der Waals surface area contributed by atoms with Crippen LogP contribution in [0.25, 0.3) is 27.6 Å². The van der Waals surface area contributed by atoms with Crippen LogP contribution in [0.2, 0.25) is 5.02 Å². The smallest absolute Gasteiger partial charge is 0.304 e. The Balaban J connectivity index is 2.23. The van der Waals surface area contributed by atoms with Gasteiger partial charge in [-0.15, -0.1) is 0 Å². The maximum Gasteiger partial charge on any atom is 0.331 e. The summed E-state index contributed by atoms with van der Waals surface area (Å²) in [6.45, 7) is 1.90. The zero-order valence-electron chi connectivity index (χ0n) is 12.1. The van der Waals surface area contributed by atoms with Crippen molar-refractivity contribution >= 4 is 49.5 Å². The number of pyridine rings is 1. The number of H-pyrrole nitrogens is 1. The van der Waals surface area contributed by atoms with Gasteiger partial charge in [-0.05, 0) is 42.8 Å². The Morgan fingerprint density at radius 2 is 2.09 bits per heavy atom. The van der Waals surface area contributed by atoms with Gasteiger partial charge in [-0.1, -0.05) is 33.6 Å². The summed E-state index contributed by atoms with van der Waals surface area (Å²) in [5, 5.41) is 1.53. The number of fused-ring (bicyclic) bond motifs is 3. The first-order chi connectivity index (χ1) is 11.1. The highest BCUT2D eigenvalue weighted by atomic mass is 79.9. The molecule has 1 N–H and O–H groups in total. The molecule has 114 valence electrons. The fourth-order valence-electron chi connectivity index (χ4n) is 2.82. The third-order valence-corrected chi connectivity index (χ3v) is 4.85. The third kappa shape index (κ3) is 2.19. The van der Waals surface area contributed by atoms with Crippen LogP contribution in [-0.2, 0) is 0 Å². The van der Waals surface area contributed by atoms with E-state index in [1.165, 1.54) is 0 Å². The Morgan fingerprint density at radius 1 is 1.26 bits per heavy atom. The topological polar surface area (TPSA) is 50.7 Å². The lowest BCUT2D eigenvalue weighted by Gasteiger charge is -2.10. The van der Waals surface area contributed by atoms with Crippen LogP contribution in [-0.4, -0.2) is 14.5 Å². The summed E-state index contributed by atoms with van der Waals surface area (Å²) in [4.78, 5) is 19.8. The maximum atomic E-state index is 12.6. The van der Waals surface area contributed by atoms with E-state index in [0.29, 0.717) is 10.5 Å². The molecule has 2 heterocycles. The number of imidazole rings is 1. The molecule has 0 saturated carbocycles. The number of rotatable bonds is 1. The van der Waals surface area contributed by atoms with Gasteiger partial charge in [0.05, 0.1) is 28.4 Å². The van der Waals surface area contributed by atoms with Crippen LogP contribution < -0.4 is 5.69 Å². The number of nitrogens with zero attached hydrogens (tertiary/aromatic N) is 2. The van der Waals surface area contributed by atoms with E-state index in [2.05, 4.69) is 25.9 Å². The van der Waals surface area contributed by atoms with Gasteiger partial charge in [0.15, 0.2) is 0 Å². The van der Waals surface area contributed by atoms with Crippen LogP contribution in [0, 0.1) is 6.92 Å². The standard InChI is InChI=1S/C17H11BrClN3O/c1-9-12(19)3-2-4-15(9)22-16-11-7-10(18)5-6-13(11)20-8-14(16)21-17(22)23/h2-8H,1H3,(H,21,23). The zero-order valence-corrected chi connectivity index (χ0v) is 14.4. The molecular formula is C17H11BrClN3O. The molecule has 0 aliphatic carbocycles. The van der Waals surface area contributed by atoms with E-state index >= 15 is 0 Å². The fraction of sp³-hybridized carbons (Fsp3) is 0.0588. The van der Waals surface area contributed by atoms with Crippen LogP contribution in [0.15, 0.2) is 51.9 Å². The van der Waals surface area contributed by atoms with Crippen molar-refractivity contribution in [1.29, 1.82) is 0 Å². The molecule has 2 aromatic heterocycles. The highest BCUT2D eigenvalue weighted by Gasteiger charge is 2.15. The molecule has 23 heavy (non-hydrogen) atoms. The Labute approximate surface area is 144 Å². The molecule has 2 aromatic carbocycles. The van der Waals surface area contributed by atoms with Crippen LogP contribution in [0.3, 0.4) is 0 Å². The number of hydrogen-bond acceptors (Lipinski definition) is 2. The minimum absolute atomic E-state index is 0.209. The van der Waals surface area contributed by atoms with Gasteiger partial charge in [0, 0.05) is 14.9 Å². The summed E-state index contributed by atoms with van der Waals surface area (Å²) < 4.78 is 2.59. The Hall–Kier alpha value is -2.11. The second kappa shape index (κ2) is 5.22. The lowest BCUT2D eigenvalue weighted by Crippen LogP contribution is -2.15. The molecule has 6 heteroatoms. The number of halogens is 2. The first-order valence-electron chi connectivity index (χ1n) is 7.01. The van der Waals surface area contributed by atoms with E-state index in [0.717, 1.165) is 32.1 Å². The minimum Gasteiger partial charge on any atom is -0.304 e. The minimum atomic E-state index is -0.209. The van der Waals surface area contributed by atoms with Gasteiger partial charge in [0.25, 0.3) is 0 Å². The van der Waals surface area contributed by atoms with Gasteiger partial charge in [0.1, 0.15) is 0 Å². The van der Waals surface area contributed by atoms with Crippen LogP contribution in [0.4, 0.5) is 0 Å². The molecule has 4 rings (SSSR count). The van der Waals surface area contributed by atoms with Crippen molar-refractivity contribution in [3.05, 3.63) is 68.1 Å². The average Bonchev–Trinajstić information content (AvgIpc) is 2.86. The predicted molar refractivity (Wildman–Crippen MR) is 96.6 cm³/mol. The lowest BCUT2D eigenvalue weighted by molar-refractivity contribution is 1.01. The van der Waals surface area contributed by atoms with Crippen molar-refractivity contribution < 1.29 is 0 Å². The van der Waals surface area contributed by atoms with Gasteiger partial charge < -0.3 is 4.98 Å². The molecular weight excluding hydrogens is 378 g/mol. The normalized spacial score (nSPS) is 11.4. The van der Waals surface area contributed by atoms with Crippen molar-refractivity contribution in [1.82, 2.24) is 14.5 Å². The third-order valence-electron chi connectivity index (χ3n) is 3.95. The van der Waals surface area contributed by atoms with E-state index in [1.54, 1.807) is 10.8 Å². The van der Waals surface area contributed by atoms with Crippen LogP contribution in [0.1, 0.15) is 5.56 Å².